The standard InChI is InChI=1S/C20H29ClFNO4/c1-20(2,3)27-19(25)23-14-6-4-13(10-14)5-7-15(24)12-26-16-8-9-17(21)18(22)11-16/h8-9,11,13-15,24H,4-7,10,12H2,1-3H3,(H,23,25)/t13-,14-,15?/m0/s1. The maximum absolute atomic E-state index is 13.4. The number of hydrogen-bond donors (Lipinski definition) is 2. The van der Waals surface area contributed by atoms with Gasteiger partial charge in [0.2, 0.25) is 0 Å². The molecule has 0 aromatic heterocycles. The van der Waals surface area contributed by atoms with Crippen LogP contribution in [-0.4, -0.2) is 35.6 Å². The van der Waals surface area contributed by atoms with Crippen molar-refractivity contribution in [3.8, 4) is 5.75 Å². The van der Waals surface area contributed by atoms with E-state index in [-0.39, 0.29) is 23.8 Å². The quantitative estimate of drug-likeness (QED) is 0.695. The van der Waals surface area contributed by atoms with Crippen LogP contribution >= 0.6 is 11.6 Å². The maximum atomic E-state index is 13.4. The number of alkyl carbamates (subject to hydrolysis) is 1. The number of nitrogens with one attached hydrogen (secondary N) is 1. The van der Waals surface area contributed by atoms with E-state index in [0.29, 0.717) is 18.1 Å². The first-order valence-corrected chi connectivity index (χ1v) is 9.75. The van der Waals surface area contributed by atoms with Crippen molar-refractivity contribution in [3.05, 3.63) is 29.0 Å². The lowest BCUT2D eigenvalue weighted by molar-refractivity contribution is 0.0503. The molecule has 3 atom stereocenters. The molecule has 0 bridgehead atoms. The minimum absolute atomic E-state index is 0.0404. The van der Waals surface area contributed by atoms with E-state index >= 15 is 0 Å². The van der Waals surface area contributed by atoms with E-state index in [9.17, 15) is 14.3 Å². The Kier molecular flexibility index (Phi) is 7.74. The fourth-order valence-corrected chi connectivity index (χ4v) is 3.33. The van der Waals surface area contributed by atoms with Gasteiger partial charge in [-0.1, -0.05) is 11.6 Å². The van der Waals surface area contributed by atoms with E-state index in [1.54, 1.807) is 6.07 Å². The summed E-state index contributed by atoms with van der Waals surface area (Å²) in [5.74, 6) is 0.254. The van der Waals surface area contributed by atoms with Crippen molar-refractivity contribution >= 4 is 17.7 Å². The first kappa shape index (κ1) is 21.8. The van der Waals surface area contributed by atoms with Gasteiger partial charge in [-0.25, -0.2) is 9.18 Å². The summed E-state index contributed by atoms with van der Waals surface area (Å²) in [5, 5.41) is 13.1. The molecule has 1 aromatic rings. The van der Waals surface area contributed by atoms with Crippen LogP contribution in [0.3, 0.4) is 0 Å². The second-order valence-corrected chi connectivity index (χ2v) is 8.55. The summed E-state index contributed by atoms with van der Waals surface area (Å²) in [6.07, 6.45) is 3.26. The molecule has 0 heterocycles. The van der Waals surface area contributed by atoms with Gasteiger partial charge < -0.3 is 19.9 Å². The van der Waals surface area contributed by atoms with Crippen LogP contribution in [-0.2, 0) is 4.74 Å². The number of carbonyl (C=O) groups excluding carboxylic acids is 1. The Morgan fingerprint density at radius 1 is 1.41 bits per heavy atom. The Labute approximate surface area is 165 Å². The van der Waals surface area contributed by atoms with Gasteiger partial charge in [-0.15, -0.1) is 0 Å². The summed E-state index contributed by atoms with van der Waals surface area (Å²) in [7, 11) is 0. The van der Waals surface area contributed by atoms with Crippen LogP contribution in [0.2, 0.25) is 5.02 Å². The van der Waals surface area contributed by atoms with Crippen LogP contribution < -0.4 is 10.1 Å². The fraction of sp³-hybridized carbons (Fsp3) is 0.650. The third kappa shape index (κ3) is 7.93. The van der Waals surface area contributed by atoms with Crippen molar-refractivity contribution in [2.24, 2.45) is 5.92 Å². The molecule has 1 aliphatic carbocycles. The third-order valence-electron chi connectivity index (χ3n) is 4.50. The summed E-state index contributed by atoms with van der Waals surface area (Å²) < 4.78 is 24.1. The van der Waals surface area contributed by atoms with Gasteiger partial charge in [0, 0.05) is 12.1 Å². The van der Waals surface area contributed by atoms with Gasteiger partial charge in [0.1, 0.15) is 23.8 Å². The zero-order chi connectivity index (χ0) is 20.0. The summed E-state index contributed by atoms with van der Waals surface area (Å²) in [6, 6.07) is 4.32. The van der Waals surface area contributed by atoms with E-state index < -0.39 is 17.5 Å². The van der Waals surface area contributed by atoms with Gasteiger partial charge in [0.25, 0.3) is 0 Å². The lowest BCUT2D eigenvalue weighted by Crippen LogP contribution is -2.37. The molecule has 1 amide bonds. The Hall–Kier alpha value is -1.53. The lowest BCUT2D eigenvalue weighted by Gasteiger charge is -2.22. The molecule has 1 saturated carbocycles. The molecule has 2 N–H and O–H groups in total. The number of benzene rings is 1. The smallest absolute Gasteiger partial charge is 0.407 e. The average Bonchev–Trinajstić information content (AvgIpc) is 2.99. The van der Waals surface area contributed by atoms with Crippen LogP contribution in [0.15, 0.2) is 18.2 Å². The average molecular weight is 402 g/mol. The molecule has 1 aliphatic rings. The topological polar surface area (TPSA) is 67.8 Å². The van der Waals surface area contributed by atoms with Crippen LogP contribution in [0.4, 0.5) is 9.18 Å². The van der Waals surface area contributed by atoms with E-state index in [2.05, 4.69) is 5.32 Å². The molecule has 7 heteroatoms. The zero-order valence-corrected chi connectivity index (χ0v) is 16.9. The summed E-state index contributed by atoms with van der Waals surface area (Å²) in [6.45, 7) is 5.62. The van der Waals surface area contributed by atoms with Crippen LogP contribution in [0.25, 0.3) is 0 Å². The van der Waals surface area contributed by atoms with Crippen molar-refractivity contribution in [2.45, 2.75) is 70.6 Å². The molecule has 0 saturated heterocycles. The maximum Gasteiger partial charge on any atom is 0.407 e. The number of aliphatic hydroxyl groups is 1. The Bertz CT molecular complexity index is 635. The summed E-state index contributed by atoms with van der Waals surface area (Å²) in [5.41, 5.74) is -0.501. The van der Waals surface area contributed by atoms with Crippen molar-refractivity contribution < 1.29 is 23.8 Å². The predicted octanol–water partition coefficient (Wildman–Crippen LogP) is 4.69. The molecule has 152 valence electrons. The number of rotatable bonds is 7. The van der Waals surface area contributed by atoms with E-state index in [1.165, 1.54) is 12.1 Å². The normalized spacial score (nSPS) is 21.0. The minimum atomic E-state index is -0.624. The molecular weight excluding hydrogens is 373 g/mol. The third-order valence-corrected chi connectivity index (χ3v) is 4.81. The second kappa shape index (κ2) is 9.60. The molecule has 1 unspecified atom stereocenters. The Morgan fingerprint density at radius 3 is 2.81 bits per heavy atom. The summed E-state index contributed by atoms with van der Waals surface area (Å²) >= 11 is 5.63. The van der Waals surface area contributed by atoms with E-state index in [0.717, 1.165) is 25.7 Å². The fourth-order valence-electron chi connectivity index (χ4n) is 3.21. The number of amides is 1. The SMILES string of the molecule is CC(C)(C)OC(=O)N[C@H]1CC[C@@H](CCC(O)COc2ccc(Cl)c(F)c2)C1. The molecule has 1 fully saturated rings. The van der Waals surface area contributed by atoms with Crippen molar-refractivity contribution in [1.82, 2.24) is 5.32 Å². The highest BCUT2D eigenvalue weighted by Gasteiger charge is 2.27. The molecule has 2 rings (SSSR count). The Balaban J connectivity index is 1.65. The van der Waals surface area contributed by atoms with Crippen molar-refractivity contribution in [1.29, 1.82) is 0 Å². The van der Waals surface area contributed by atoms with Crippen LogP contribution in [0.1, 0.15) is 52.9 Å². The second-order valence-electron chi connectivity index (χ2n) is 8.14. The zero-order valence-electron chi connectivity index (χ0n) is 16.1. The van der Waals surface area contributed by atoms with Crippen molar-refractivity contribution in [2.75, 3.05) is 6.61 Å². The van der Waals surface area contributed by atoms with Crippen LogP contribution in [0, 0.1) is 11.7 Å². The molecular formula is C20H29ClFNO4. The van der Waals surface area contributed by atoms with Gasteiger partial charge in [0.15, 0.2) is 0 Å². The number of hydrogen-bond acceptors (Lipinski definition) is 4. The number of carbonyl (C=O) groups is 1. The van der Waals surface area contributed by atoms with Crippen LogP contribution in [0.5, 0.6) is 5.75 Å². The molecule has 27 heavy (non-hydrogen) atoms. The lowest BCUT2D eigenvalue weighted by atomic mass is 9.99. The van der Waals surface area contributed by atoms with E-state index in [4.69, 9.17) is 21.1 Å². The molecule has 0 radical (unpaired) electrons. The Morgan fingerprint density at radius 2 is 2.15 bits per heavy atom. The van der Waals surface area contributed by atoms with Gasteiger partial charge in [-0.2, -0.15) is 0 Å². The highest BCUT2D eigenvalue weighted by molar-refractivity contribution is 6.30. The first-order chi connectivity index (χ1) is 12.6. The molecule has 5 nitrogen and oxygen atoms in total. The molecule has 1 aromatic carbocycles. The first-order valence-electron chi connectivity index (χ1n) is 9.38. The van der Waals surface area contributed by atoms with E-state index in [1.807, 2.05) is 20.8 Å². The van der Waals surface area contributed by atoms with Gasteiger partial charge in [-0.05, 0) is 70.9 Å². The van der Waals surface area contributed by atoms with Gasteiger partial charge >= 0.3 is 6.09 Å². The largest absolute Gasteiger partial charge is 0.491 e. The monoisotopic (exact) mass is 401 g/mol. The van der Waals surface area contributed by atoms with Gasteiger partial charge in [0.05, 0.1) is 11.1 Å². The number of ether oxygens (including phenoxy) is 2. The summed E-state index contributed by atoms with van der Waals surface area (Å²) in [4.78, 5) is 11.8. The molecule has 0 spiro atoms. The molecule has 0 aliphatic heterocycles. The highest BCUT2D eigenvalue weighted by Crippen LogP contribution is 2.30. The highest BCUT2D eigenvalue weighted by atomic mass is 35.5. The van der Waals surface area contributed by atoms with Gasteiger partial charge in [-0.3, -0.25) is 0 Å². The number of aliphatic hydroxyl groups excluding tert-OH is 1. The predicted molar refractivity (Wildman–Crippen MR) is 103 cm³/mol. The van der Waals surface area contributed by atoms with Crippen molar-refractivity contribution in [3.63, 3.8) is 0 Å². The number of halogens is 2. The minimum Gasteiger partial charge on any atom is -0.491 e.